The van der Waals surface area contributed by atoms with Crippen LogP contribution in [0.5, 0.6) is 0 Å². The normalized spacial score (nSPS) is 16.2. The zero-order valence-corrected chi connectivity index (χ0v) is 16.7. The van der Waals surface area contributed by atoms with Crippen LogP contribution < -0.4 is 5.32 Å². The third-order valence-corrected chi connectivity index (χ3v) is 5.51. The number of aliphatic hydroxyl groups is 1. The first-order chi connectivity index (χ1) is 15.1. The molecule has 1 unspecified atom stereocenters. The van der Waals surface area contributed by atoms with E-state index in [1.165, 1.54) is 41.1 Å². The molecule has 1 aromatic heterocycles. The van der Waals surface area contributed by atoms with E-state index in [1.807, 2.05) is 0 Å². The van der Waals surface area contributed by atoms with Crippen molar-refractivity contribution in [3.63, 3.8) is 0 Å². The number of aromatic carboxylic acids is 1. The fourth-order valence-corrected chi connectivity index (χ4v) is 3.90. The Balaban J connectivity index is 2.06. The molecule has 9 heteroatoms. The van der Waals surface area contributed by atoms with Gasteiger partial charge in [-0.3, -0.25) is 0 Å². The average molecular weight is 446 g/mol. The van der Waals surface area contributed by atoms with Gasteiger partial charge in [0.05, 0.1) is 5.56 Å². The quantitative estimate of drug-likeness (QED) is 0.509. The molecule has 166 valence electrons. The molecule has 0 aliphatic carbocycles. The van der Waals surface area contributed by atoms with Gasteiger partial charge in [-0.05, 0) is 54.6 Å². The highest BCUT2D eigenvalue weighted by atomic mass is 19.4. The van der Waals surface area contributed by atoms with Gasteiger partial charge in [0.25, 0.3) is 0 Å². The van der Waals surface area contributed by atoms with Crippen LogP contribution in [-0.4, -0.2) is 27.0 Å². The Morgan fingerprint density at radius 3 is 2.62 bits per heavy atom. The summed E-state index contributed by atoms with van der Waals surface area (Å²) in [7, 11) is 0. The molecule has 3 aromatic rings. The van der Waals surface area contributed by atoms with Gasteiger partial charge in [-0.1, -0.05) is 18.2 Å². The second-order valence-corrected chi connectivity index (χ2v) is 7.42. The monoisotopic (exact) mass is 446 g/mol. The van der Waals surface area contributed by atoms with Gasteiger partial charge < -0.3 is 20.1 Å². The number of hydrogen-bond acceptors (Lipinski definition) is 3. The van der Waals surface area contributed by atoms with E-state index in [0.29, 0.717) is 11.1 Å². The minimum atomic E-state index is -4.65. The third kappa shape index (κ3) is 3.64. The number of rotatable bonds is 4. The second kappa shape index (κ2) is 7.83. The number of nitrogens with zero attached hydrogens (tertiary/aromatic N) is 1. The topological polar surface area (TPSA) is 74.5 Å². The summed E-state index contributed by atoms with van der Waals surface area (Å²) in [6, 6.07) is 7.32. The van der Waals surface area contributed by atoms with E-state index < -0.39 is 29.8 Å². The van der Waals surface area contributed by atoms with E-state index in [-0.39, 0.29) is 34.3 Å². The Hall–Kier alpha value is -3.59. The molecule has 0 spiro atoms. The molecule has 4 rings (SSSR count). The fraction of sp³-hybridized carbons (Fsp3) is 0.174. The lowest BCUT2D eigenvalue weighted by atomic mass is 9.97. The van der Waals surface area contributed by atoms with Crippen LogP contribution in [0.15, 0.2) is 54.8 Å². The number of nitrogens with one attached hydrogen (secondary N) is 1. The Bertz CT molecular complexity index is 1290. The van der Waals surface area contributed by atoms with Crippen molar-refractivity contribution in [2.24, 2.45) is 0 Å². The molecule has 1 atom stereocenters. The minimum Gasteiger partial charge on any atom is -0.477 e. The molecule has 0 amide bonds. The van der Waals surface area contributed by atoms with Gasteiger partial charge in [0.1, 0.15) is 11.5 Å². The molecule has 0 bridgehead atoms. The molecular formula is C23H18F4N2O3. The van der Waals surface area contributed by atoms with Crippen molar-refractivity contribution >= 4 is 22.4 Å². The van der Waals surface area contributed by atoms with Crippen molar-refractivity contribution in [1.29, 1.82) is 0 Å². The Labute approximate surface area is 179 Å². The number of carboxylic acid groups (broad SMARTS) is 1. The van der Waals surface area contributed by atoms with E-state index in [1.54, 1.807) is 13.0 Å². The van der Waals surface area contributed by atoms with E-state index in [4.69, 9.17) is 0 Å². The van der Waals surface area contributed by atoms with Gasteiger partial charge in [-0.15, -0.1) is 0 Å². The molecule has 1 aliphatic rings. The molecular weight excluding hydrogens is 428 g/mol. The molecule has 0 saturated heterocycles. The summed E-state index contributed by atoms with van der Waals surface area (Å²) in [6.45, 7) is 1.46. The summed E-state index contributed by atoms with van der Waals surface area (Å²) >= 11 is 0. The number of aromatic nitrogens is 1. The standard InChI is InChI=1S/C23H18F4N2O3/c1-12-13(4-2-6-17(12)24)11-29-18-8-7-14(23(25,26)27)10-16(18)19(20(29)22(31)32)15-5-3-9-28-21(15)30/h2-10,21,28,30H,11H2,1H3,(H,31,32). The molecule has 32 heavy (non-hydrogen) atoms. The fourth-order valence-electron chi connectivity index (χ4n) is 3.90. The lowest BCUT2D eigenvalue weighted by Gasteiger charge is -2.19. The zero-order chi connectivity index (χ0) is 23.2. The maximum Gasteiger partial charge on any atom is 0.416 e. The maximum atomic E-state index is 14.1. The van der Waals surface area contributed by atoms with Gasteiger partial charge >= 0.3 is 12.1 Å². The summed E-state index contributed by atoms with van der Waals surface area (Å²) in [6.07, 6.45) is -1.57. The molecule has 0 radical (unpaired) electrons. The number of carboxylic acids is 1. The lowest BCUT2D eigenvalue weighted by molar-refractivity contribution is -0.137. The Kier molecular flexibility index (Phi) is 5.29. The van der Waals surface area contributed by atoms with Crippen LogP contribution in [0.1, 0.15) is 32.7 Å². The number of halogens is 4. The number of allylic oxidation sites excluding steroid dienone is 2. The molecule has 1 aliphatic heterocycles. The van der Waals surface area contributed by atoms with E-state index >= 15 is 0 Å². The Morgan fingerprint density at radius 1 is 1.22 bits per heavy atom. The molecule has 3 N–H and O–H groups in total. The molecule has 2 aromatic carbocycles. The van der Waals surface area contributed by atoms with Gasteiger partial charge in [0.15, 0.2) is 6.23 Å². The van der Waals surface area contributed by atoms with Gasteiger partial charge in [-0.25, -0.2) is 9.18 Å². The summed E-state index contributed by atoms with van der Waals surface area (Å²) in [5.41, 5.74) is -0.160. The first kappa shape index (κ1) is 21.6. The SMILES string of the molecule is Cc1c(F)cccc1Cn1c(C(=O)O)c(C2=CC=CNC2O)c2cc(C(F)(F)F)ccc21. The smallest absolute Gasteiger partial charge is 0.416 e. The van der Waals surface area contributed by atoms with Gasteiger partial charge in [0.2, 0.25) is 0 Å². The summed E-state index contributed by atoms with van der Waals surface area (Å²) in [5, 5.41) is 23.1. The third-order valence-electron chi connectivity index (χ3n) is 5.51. The lowest BCUT2D eigenvalue weighted by Crippen LogP contribution is -2.28. The molecule has 0 saturated carbocycles. The van der Waals surface area contributed by atoms with E-state index in [0.717, 1.165) is 12.1 Å². The highest BCUT2D eigenvalue weighted by molar-refractivity contribution is 6.06. The largest absolute Gasteiger partial charge is 0.477 e. The van der Waals surface area contributed by atoms with Crippen LogP contribution in [0.4, 0.5) is 17.6 Å². The summed E-state index contributed by atoms with van der Waals surface area (Å²) < 4.78 is 55.7. The average Bonchev–Trinajstić information content (AvgIpc) is 3.05. The first-order valence-electron chi connectivity index (χ1n) is 9.61. The first-order valence-corrected chi connectivity index (χ1v) is 9.61. The molecule has 2 heterocycles. The van der Waals surface area contributed by atoms with Crippen molar-refractivity contribution in [3.8, 4) is 0 Å². The van der Waals surface area contributed by atoms with Crippen LogP contribution in [-0.2, 0) is 12.7 Å². The number of carbonyl (C=O) groups is 1. The van der Waals surface area contributed by atoms with Crippen LogP contribution >= 0.6 is 0 Å². The van der Waals surface area contributed by atoms with Crippen LogP contribution in [0, 0.1) is 12.7 Å². The predicted molar refractivity (Wildman–Crippen MR) is 110 cm³/mol. The van der Waals surface area contributed by atoms with Crippen LogP contribution in [0.25, 0.3) is 16.5 Å². The van der Waals surface area contributed by atoms with Crippen molar-refractivity contribution in [2.75, 3.05) is 0 Å². The molecule has 5 nitrogen and oxygen atoms in total. The van der Waals surface area contributed by atoms with Gasteiger partial charge in [0, 0.05) is 28.6 Å². The number of aliphatic hydroxyl groups excluding tert-OH is 1. The second-order valence-electron chi connectivity index (χ2n) is 7.42. The van der Waals surface area contributed by atoms with Gasteiger partial charge in [-0.2, -0.15) is 13.2 Å². The number of dihydropyridines is 1. The predicted octanol–water partition coefficient (Wildman–Crippen LogP) is 4.67. The number of fused-ring (bicyclic) bond motifs is 1. The van der Waals surface area contributed by atoms with Crippen LogP contribution in [0.2, 0.25) is 0 Å². The van der Waals surface area contributed by atoms with Crippen molar-refractivity contribution < 1.29 is 32.6 Å². The molecule has 0 fully saturated rings. The zero-order valence-electron chi connectivity index (χ0n) is 16.7. The highest BCUT2D eigenvalue weighted by Gasteiger charge is 2.34. The highest BCUT2D eigenvalue weighted by Crippen LogP contribution is 2.38. The van der Waals surface area contributed by atoms with Crippen LogP contribution in [0.3, 0.4) is 0 Å². The number of alkyl halides is 3. The van der Waals surface area contributed by atoms with E-state index in [9.17, 15) is 32.6 Å². The summed E-state index contributed by atoms with van der Waals surface area (Å²) in [4.78, 5) is 12.3. The van der Waals surface area contributed by atoms with Crippen molar-refractivity contribution in [2.45, 2.75) is 25.9 Å². The maximum absolute atomic E-state index is 14.1. The number of hydrogen-bond donors (Lipinski definition) is 3. The summed E-state index contributed by atoms with van der Waals surface area (Å²) in [5.74, 6) is -1.86. The minimum absolute atomic E-state index is 0.0219. The Morgan fingerprint density at radius 2 is 1.97 bits per heavy atom. The van der Waals surface area contributed by atoms with Crippen molar-refractivity contribution in [1.82, 2.24) is 9.88 Å². The van der Waals surface area contributed by atoms with E-state index in [2.05, 4.69) is 5.32 Å². The van der Waals surface area contributed by atoms with Crippen molar-refractivity contribution in [3.05, 3.63) is 88.5 Å². The number of benzene rings is 2.